The fraction of sp³-hybridized carbons (Fsp3) is 0.125. The summed E-state index contributed by atoms with van der Waals surface area (Å²) in [4.78, 5) is 12.0. The van der Waals surface area contributed by atoms with Gasteiger partial charge in [-0.25, -0.2) is 4.39 Å². The third-order valence-electron chi connectivity index (χ3n) is 3.15. The minimum absolute atomic E-state index is 0.00620. The molecule has 106 valence electrons. The lowest BCUT2D eigenvalue weighted by molar-refractivity contribution is 0.0939. The van der Waals surface area contributed by atoms with Crippen LogP contribution in [-0.4, -0.2) is 5.91 Å². The van der Waals surface area contributed by atoms with Crippen molar-refractivity contribution in [1.82, 2.24) is 5.32 Å². The zero-order valence-electron chi connectivity index (χ0n) is 11.4. The van der Waals surface area contributed by atoms with Gasteiger partial charge >= 0.3 is 0 Å². The van der Waals surface area contributed by atoms with Crippen molar-refractivity contribution in [2.24, 2.45) is 0 Å². The normalized spacial score (nSPS) is 11.5. The molecular weight excluding hydrogens is 269 g/mol. The summed E-state index contributed by atoms with van der Waals surface area (Å²) in [6.45, 7) is 1.81. The van der Waals surface area contributed by atoms with Crippen LogP contribution in [0.2, 0.25) is 0 Å². The minimum Gasteiger partial charge on any atom is -0.396 e. The van der Waals surface area contributed by atoms with E-state index in [2.05, 4.69) is 5.32 Å². The number of amides is 1. The summed E-state index contributed by atoms with van der Waals surface area (Å²) in [5.41, 5.74) is 7.01. The highest BCUT2D eigenvalue weighted by Crippen LogP contribution is 2.16. The topological polar surface area (TPSA) is 78.9 Å². The third-order valence-corrected chi connectivity index (χ3v) is 3.15. The summed E-state index contributed by atoms with van der Waals surface area (Å²) in [5, 5.41) is 11.5. The number of rotatable bonds is 3. The Kier molecular flexibility index (Phi) is 4.19. The molecule has 1 atom stereocenters. The van der Waals surface area contributed by atoms with Crippen LogP contribution in [0.4, 0.5) is 10.1 Å². The summed E-state index contributed by atoms with van der Waals surface area (Å²) >= 11 is 0. The molecule has 1 unspecified atom stereocenters. The van der Waals surface area contributed by atoms with Crippen molar-refractivity contribution in [3.63, 3.8) is 0 Å². The van der Waals surface area contributed by atoms with E-state index in [9.17, 15) is 9.18 Å². The van der Waals surface area contributed by atoms with Crippen LogP contribution in [0.5, 0.6) is 0 Å². The number of nitrogen functional groups attached to an aromatic ring is 1. The largest absolute Gasteiger partial charge is 0.396 e. The van der Waals surface area contributed by atoms with Crippen molar-refractivity contribution in [3.05, 3.63) is 65.0 Å². The molecule has 0 aliphatic heterocycles. The van der Waals surface area contributed by atoms with Gasteiger partial charge in [-0.2, -0.15) is 5.26 Å². The number of nitrogens with zero attached hydrogens (tertiary/aromatic N) is 1. The van der Waals surface area contributed by atoms with Crippen molar-refractivity contribution in [1.29, 1.82) is 5.26 Å². The van der Waals surface area contributed by atoms with Gasteiger partial charge in [0, 0.05) is 5.56 Å². The van der Waals surface area contributed by atoms with Crippen molar-refractivity contribution in [2.45, 2.75) is 13.0 Å². The van der Waals surface area contributed by atoms with E-state index in [4.69, 9.17) is 11.0 Å². The van der Waals surface area contributed by atoms with Crippen LogP contribution in [0.25, 0.3) is 0 Å². The lowest BCUT2D eigenvalue weighted by atomic mass is 10.1. The van der Waals surface area contributed by atoms with E-state index in [0.29, 0.717) is 5.56 Å². The average molecular weight is 283 g/mol. The van der Waals surface area contributed by atoms with Crippen LogP contribution in [0.15, 0.2) is 42.5 Å². The number of hydrogen-bond acceptors (Lipinski definition) is 3. The number of carbonyl (C=O) groups excluding carboxylic acids is 1. The van der Waals surface area contributed by atoms with Gasteiger partial charge < -0.3 is 11.1 Å². The van der Waals surface area contributed by atoms with Gasteiger partial charge in [-0.3, -0.25) is 4.79 Å². The quantitative estimate of drug-likeness (QED) is 0.850. The molecule has 0 bridgehead atoms. The second-order valence-corrected chi connectivity index (χ2v) is 4.67. The maximum atomic E-state index is 13.3. The summed E-state index contributed by atoms with van der Waals surface area (Å²) in [7, 11) is 0. The number of halogens is 1. The molecule has 0 heterocycles. The highest BCUT2D eigenvalue weighted by atomic mass is 19.1. The number of nitriles is 1. The standard InChI is InChI=1S/C16H14FN3O/c1-10(12-4-2-11(9-18)3-5-12)20-16(21)13-6-7-15(19)14(17)8-13/h2-8,10H,19H2,1H3,(H,20,21). The monoisotopic (exact) mass is 283 g/mol. The Morgan fingerprint density at radius 1 is 1.29 bits per heavy atom. The first-order chi connectivity index (χ1) is 10.0. The predicted octanol–water partition coefficient (Wildman–Crippen LogP) is 2.77. The molecule has 0 spiro atoms. The Hall–Kier alpha value is -2.87. The molecule has 0 aromatic heterocycles. The second kappa shape index (κ2) is 6.06. The maximum Gasteiger partial charge on any atom is 0.251 e. The molecule has 3 N–H and O–H groups in total. The second-order valence-electron chi connectivity index (χ2n) is 4.67. The Labute approximate surface area is 122 Å². The zero-order valence-corrected chi connectivity index (χ0v) is 11.4. The van der Waals surface area contributed by atoms with Gasteiger partial charge in [-0.1, -0.05) is 12.1 Å². The molecule has 21 heavy (non-hydrogen) atoms. The van der Waals surface area contributed by atoms with Crippen molar-refractivity contribution < 1.29 is 9.18 Å². The minimum atomic E-state index is -0.617. The van der Waals surface area contributed by atoms with Crippen LogP contribution in [0.1, 0.15) is 34.5 Å². The molecule has 5 heteroatoms. The van der Waals surface area contributed by atoms with Crippen LogP contribution < -0.4 is 11.1 Å². The molecule has 2 aromatic rings. The number of nitrogens with two attached hydrogens (primary N) is 1. The molecule has 0 radical (unpaired) electrons. The van der Waals surface area contributed by atoms with E-state index < -0.39 is 5.82 Å². The van der Waals surface area contributed by atoms with Crippen molar-refractivity contribution >= 4 is 11.6 Å². The van der Waals surface area contributed by atoms with E-state index in [1.807, 2.05) is 13.0 Å². The van der Waals surface area contributed by atoms with E-state index in [0.717, 1.165) is 11.6 Å². The van der Waals surface area contributed by atoms with Gasteiger partial charge in [0.15, 0.2) is 0 Å². The van der Waals surface area contributed by atoms with E-state index in [-0.39, 0.29) is 23.2 Å². The smallest absolute Gasteiger partial charge is 0.251 e. The first kappa shape index (κ1) is 14.5. The van der Waals surface area contributed by atoms with Gasteiger partial charge in [-0.05, 0) is 42.8 Å². The van der Waals surface area contributed by atoms with Gasteiger partial charge in [0.1, 0.15) is 5.82 Å². The summed E-state index contributed by atoms with van der Waals surface area (Å²) in [6.07, 6.45) is 0. The molecule has 4 nitrogen and oxygen atoms in total. The molecule has 0 aliphatic carbocycles. The molecular formula is C16H14FN3O. The molecule has 0 aliphatic rings. The Morgan fingerprint density at radius 2 is 1.95 bits per heavy atom. The van der Waals surface area contributed by atoms with E-state index >= 15 is 0 Å². The first-order valence-electron chi connectivity index (χ1n) is 6.37. The van der Waals surface area contributed by atoms with Gasteiger partial charge in [0.25, 0.3) is 5.91 Å². The number of carbonyl (C=O) groups is 1. The molecule has 1 amide bonds. The van der Waals surface area contributed by atoms with Crippen molar-refractivity contribution in [2.75, 3.05) is 5.73 Å². The Morgan fingerprint density at radius 3 is 2.52 bits per heavy atom. The molecule has 2 aromatic carbocycles. The Bertz CT molecular complexity index is 704. The summed E-state index contributed by atoms with van der Waals surface area (Å²) in [5.74, 6) is -1.00. The van der Waals surface area contributed by atoms with Gasteiger partial charge in [-0.15, -0.1) is 0 Å². The fourth-order valence-electron chi connectivity index (χ4n) is 1.88. The maximum absolute atomic E-state index is 13.3. The Balaban J connectivity index is 2.10. The number of benzene rings is 2. The van der Waals surface area contributed by atoms with E-state index in [1.165, 1.54) is 12.1 Å². The predicted molar refractivity (Wildman–Crippen MR) is 77.9 cm³/mol. The molecule has 0 fully saturated rings. The van der Waals surface area contributed by atoms with Crippen LogP contribution in [-0.2, 0) is 0 Å². The van der Waals surface area contributed by atoms with Gasteiger partial charge in [0.2, 0.25) is 0 Å². The van der Waals surface area contributed by atoms with E-state index in [1.54, 1.807) is 24.3 Å². The third kappa shape index (κ3) is 3.37. The highest BCUT2D eigenvalue weighted by molar-refractivity contribution is 5.94. The highest BCUT2D eigenvalue weighted by Gasteiger charge is 2.12. The SMILES string of the molecule is CC(NC(=O)c1ccc(N)c(F)c1)c1ccc(C#N)cc1. The van der Waals surface area contributed by atoms with Crippen LogP contribution in [0.3, 0.4) is 0 Å². The zero-order chi connectivity index (χ0) is 15.4. The number of hydrogen-bond donors (Lipinski definition) is 2. The van der Waals surface area contributed by atoms with Crippen LogP contribution in [0, 0.1) is 17.1 Å². The molecule has 0 saturated heterocycles. The average Bonchev–Trinajstić information content (AvgIpc) is 2.50. The lowest BCUT2D eigenvalue weighted by Crippen LogP contribution is -2.26. The molecule has 0 saturated carbocycles. The van der Waals surface area contributed by atoms with Gasteiger partial charge in [0.05, 0.1) is 23.4 Å². The van der Waals surface area contributed by atoms with Crippen LogP contribution >= 0.6 is 0 Å². The fourth-order valence-corrected chi connectivity index (χ4v) is 1.88. The number of anilines is 1. The summed E-state index contributed by atoms with van der Waals surface area (Å²) < 4.78 is 13.3. The van der Waals surface area contributed by atoms with Crippen molar-refractivity contribution in [3.8, 4) is 6.07 Å². The molecule has 2 rings (SSSR count). The lowest BCUT2D eigenvalue weighted by Gasteiger charge is -2.14. The first-order valence-corrected chi connectivity index (χ1v) is 6.37. The summed E-state index contributed by atoms with van der Waals surface area (Å²) in [6, 6.07) is 12.6. The number of nitrogens with one attached hydrogen (secondary N) is 1.